The molecule has 0 saturated heterocycles. The Hall–Kier alpha value is -0.804. The first kappa shape index (κ1) is 21.2. The van der Waals surface area contributed by atoms with Gasteiger partial charge < -0.3 is 25.1 Å². The summed E-state index contributed by atoms with van der Waals surface area (Å²) in [6.45, 7) is -0.142. The van der Waals surface area contributed by atoms with Gasteiger partial charge in [-0.05, 0) is 23.8 Å². The molecule has 24 heavy (non-hydrogen) atoms. The Morgan fingerprint density at radius 3 is 2.62 bits per heavy atom. The van der Waals surface area contributed by atoms with Crippen LogP contribution in [0.15, 0.2) is 48.5 Å². The minimum Gasteiger partial charge on any atom is -0.548 e. The number of nitrogens with one attached hydrogen (secondary N) is 1. The third kappa shape index (κ3) is 5.63. The number of aliphatic hydroxyl groups is 1. The van der Waals surface area contributed by atoms with Gasteiger partial charge in [0.2, 0.25) is 0 Å². The normalized spacial score (nSPS) is 12.8. The van der Waals surface area contributed by atoms with E-state index in [1.54, 1.807) is 30.3 Å². The topological polar surface area (TPSA) is 81.6 Å². The number of methoxy groups -OCH3 is 1. The average Bonchev–Trinajstić information content (AvgIpc) is 2.55. The molecule has 7 heteroatoms. The van der Waals surface area contributed by atoms with Crippen LogP contribution in [-0.4, -0.2) is 24.7 Å². The van der Waals surface area contributed by atoms with Crippen LogP contribution in [0.25, 0.3) is 0 Å². The summed E-state index contributed by atoms with van der Waals surface area (Å²) < 4.78 is 18.7. The maximum absolute atomic E-state index is 13.6. The molecule has 0 bridgehead atoms. The van der Waals surface area contributed by atoms with E-state index in [1.807, 2.05) is 0 Å². The van der Waals surface area contributed by atoms with Crippen LogP contribution in [0.2, 0.25) is 0 Å². The molecule has 1 unspecified atom stereocenters. The van der Waals surface area contributed by atoms with Gasteiger partial charge in [-0.3, -0.25) is 0 Å². The summed E-state index contributed by atoms with van der Waals surface area (Å²) in [6, 6.07) is 11.1. The van der Waals surface area contributed by atoms with Crippen LogP contribution in [0.3, 0.4) is 0 Å². The van der Waals surface area contributed by atoms with Gasteiger partial charge in [0, 0.05) is 12.1 Å². The van der Waals surface area contributed by atoms with Gasteiger partial charge in [0.1, 0.15) is 11.6 Å². The molecule has 0 aromatic heterocycles. The van der Waals surface area contributed by atoms with E-state index < -0.39 is 23.9 Å². The molecule has 2 aromatic carbocycles. The molecular weight excluding hydrogens is 340 g/mol. The number of benzene rings is 2. The first-order valence-corrected chi connectivity index (χ1v) is 7.03. The molecule has 0 amide bonds. The summed E-state index contributed by atoms with van der Waals surface area (Å²) in [4.78, 5) is 11.3. The molecule has 0 radical (unpaired) electrons. The number of rotatable bonds is 7. The van der Waals surface area contributed by atoms with Crippen molar-refractivity contribution in [3.63, 3.8) is 0 Å². The van der Waals surface area contributed by atoms with Gasteiger partial charge in [0.25, 0.3) is 0 Å². The largest absolute Gasteiger partial charge is 1.00 e. The summed E-state index contributed by atoms with van der Waals surface area (Å²) in [5, 5.41) is 24.1. The molecule has 0 saturated carbocycles. The standard InChI is InChI=1S/C17H18FNO4.K/c1-23-12-6-4-5-11(9-12)16(17(21)22)19-10-15(20)13-7-2-3-8-14(13)18;/h2-9,15-16,19-20H,10H2,1H3,(H,21,22);/q;+1/p-1/t15-,16?;/m0./s1. The Bertz CT molecular complexity index is 683. The summed E-state index contributed by atoms with van der Waals surface area (Å²) >= 11 is 0. The number of aliphatic carboxylic acids is 1. The monoisotopic (exact) mass is 357 g/mol. The second kappa shape index (κ2) is 10.2. The first-order chi connectivity index (χ1) is 11.0. The van der Waals surface area contributed by atoms with E-state index in [2.05, 4.69) is 5.32 Å². The molecule has 0 fully saturated rings. The van der Waals surface area contributed by atoms with Crippen molar-refractivity contribution in [1.29, 1.82) is 0 Å². The van der Waals surface area contributed by atoms with Crippen LogP contribution in [-0.2, 0) is 4.79 Å². The molecular formula is C17H17FKNO4. The number of carboxylic acid groups (broad SMARTS) is 1. The molecule has 2 rings (SSSR count). The Balaban J connectivity index is 0.00000288. The number of hydrogen-bond acceptors (Lipinski definition) is 5. The zero-order valence-electron chi connectivity index (χ0n) is 13.5. The van der Waals surface area contributed by atoms with Crippen LogP contribution in [0.5, 0.6) is 5.75 Å². The van der Waals surface area contributed by atoms with Gasteiger partial charge in [-0.2, -0.15) is 0 Å². The van der Waals surface area contributed by atoms with E-state index in [4.69, 9.17) is 4.74 Å². The molecule has 122 valence electrons. The third-order valence-corrected chi connectivity index (χ3v) is 3.44. The SMILES string of the molecule is COc1cccc(C(NC[C@H](O)c2ccccc2F)C(=O)[O-])c1.[K+]. The van der Waals surface area contributed by atoms with E-state index in [1.165, 1.54) is 25.3 Å². The van der Waals surface area contributed by atoms with Gasteiger partial charge in [-0.1, -0.05) is 30.3 Å². The van der Waals surface area contributed by atoms with Gasteiger partial charge in [0.15, 0.2) is 0 Å². The summed E-state index contributed by atoms with van der Waals surface area (Å²) in [6.07, 6.45) is -1.18. The quantitative estimate of drug-likeness (QED) is 0.558. The van der Waals surface area contributed by atoms with Crippen LogP contribution < -0.4 is 66.5 Å². The van der Waals surface area contributed by atoms with E-state index in [9.17, 15) is 19.4 Å². The van der Waals surface area contributed by atoms with E-state index in [-0.39, 0.29) is 63.5 Å². The van der Waals surface area contributed by atoms with E-state index in [0.29, 0.717) is 11.3 Å². The van der Waals surface area contributed by atoms with Crippen molar-refractivity contribution in [2.75, 3.05) is 13.7 Å². The van der Waals surface area contributed by atoms with Crippen molar-refractivity contribution in [3.8, 4) is 5.75 Å². The smallest absolute Gasteiger partial charge is 0.548 e. The number of carbonyl (C=O) groups is 1. The fourth-order valence-electron chi connectivity index (χ4n) is 2.24. The molecule has 2 atom stereocenters. The van der Waals surface area contributed by atoms with Crippen LogP contribution in [0, 0.1) is 5.82 Å². The number of carbonyl (C=O) groups excluding carboxylic acids is 1. The van der Waals surface area contributed by atoms with Crippen LogP contribution in [0.4, 0.5) is 4.39 Å². The predicted molar refractivity (Wildman–Crippen MR) is 80.1 cm³/mol. The summed E-state index contributed by atoms with van der Waals surface area (Å²) in [5.74, 6) is -1.39. The molecule has 2 aromatic rings. The van der Waals surface area contributed by atoms with Crippen molar-refractivity contribution in [3.05, 3.63) is 65.5 Å². The van der Waals surface area contributed by atoms with Gasteiger partial charge in [-0.25, -0.2) is 4.39 Å². The molecule has 0 heterocycles. The number of aliphatic hydroxyl groups excluding tert-OH is 1. The van der Waals surface area contributed by atoms with Crippen LogP contribution in [0.1, 0.15) is 23.3 Å². The Labute approximate surface area is 182 Å². The van der Waals surface area contributed by atoms with Crippen molar-refractivity contribution in [1.82, 2.24) is 5.32 Å². The van der Waals surface area contributed by atoms with E-state index in [0.717, 1.165) is 0 Å². The number of carboxylic acids is 1. The van der Waals surface area contributed by atoms with Crippen molar-refractivity contribution >= 4 is 5.97 Å². The van der Waals surface area contributed by atoms with Crippen LogP contribution >= 0.6 is 0 Å². The fourth-order valence-corrected chi connectivity index (χ4v) is 2.24. The zero-order chi connectivity index (χ0) is 16.8. The van der Waals surface area contributed by atoms with E-state index >= 15 is 0 Å². The molecule has 0 aliphatic rings. The predicted octanol–water partition coefficient (Wildman–Crippen LogP) is -2.05. The molecule has 0 aliphatic heterocycles. The van der Waals surface area contributed by atoms with Gasteiger partial charge >= 0.3 is 51.4 Å². The zero-order valence-corrected chi connectivity index (χ0v) is 16.7. The molecule has 0 aliphatic carbocycles. The van der Waals surface area contributed by atoms with Gasteiger partial charge in [-0.15, -0.1) is 0 Å². The third-order valence-electron chi connectivity index (χ3n) is 3.44. The Morgan fingerprint density at radius 1 is 1.29 bits per heavy atom. The Kier molecular flexibility index (Phi) is 9.07. The van der Waals surface area contributed by atoms with Crippen molar-refractivity contribution in [2.24, 2.45) is 0 Å². The first-order valence-electron chi connectivity index (χ1n) is 7.03. The minimum atomic E-state index is -1.35. The maximum atomic E-state index is 13.6. The molecule has 2 N–H and O–H groups in total. The fraction of sp³-hybridized carbons (Fsp3) is 0.235. The maximum Gasteiger partial charge on any atom is 1.00 e. The summed E-state index contributed by atoms with van der Waals surface area (Å²) in [5.41, 5.74) is 0.521. The Morgan fingerprint density at radius 2 is 2.00 bits per heavy atom. The molecule has 0 spiro atoms. The van der Waals surface area contributed by atoms with Crippen molar-refractivity contribution < 1.29 is 75.5 Å². The second-order valence-corrected chi connectivity index (χ2v) is 4.97. The molecule has 5 nitrogen and oxygen atoms in total. The average molecular weight is 357 g/mol. The van der Waals surface area contributed by atoms with Gasteiger partial charge in [0.05, 0.1) is 25.2 Å². The second-order valence-electron chi connectivity index (χ2n) is 4.97. The van der Waals surface area contributed by atoms with Crippen molar-refractivity contribution in [2.45, 2.75) is 12.1 Å². The minimum absolute atomic E-state index is 0. The number of halogens is 1. The summed E-state index contributed by atoms with van der Waals surface area (Å²) in [7, 11) is 1.47. The number of ether oxygens (including phenoxy) is 1. The number of hydrogen-bond donors (Lipinski definition) is 2.